The lowest BCUT2D eigenvalue weighted by Gasteiger charge is -2.29. The molecule has 0 fully saturated rings. The molecule has 0 spiro atoms. The molecule has 16 heavy (non-hydrogen) atoms. The van der Waals surface area contributed by atoms with Gasteiger partial charge in [0.25, 0.3) is 0 Å². The van der Waals surface area contributed by atoms with Crippen LogP contribution in [0, 0.1) is 0 Å². The first-order valence-corrected chi connectivity index (χ1v) is 4.92. The number of alkyl halides is 3. The van der Waals surface area contributed by atoms with E-state index in [1.807, 2.05) is 0 Å². The Morgan fingerprint density at radius 1 is 1.12 bits per heavy atom. The van der Waals surface area contributed by atoms with Crippen LogP contribution in [0.25, 0.3) is 0 Å². The molecule has 2 nitrogen and oxygen atoms in total. The van der Waals surface area contributed by atoms with E-state index in [0.717, 1.165) is 5.56 Å². The van der Waals surface area contributed by atoms with E-state index in [1.165, 1.54) is 0 Å². The molecule has 1 aromatic carbocycles. The second-order valence-electron chi connectivity index (χ2n) is 3.72. The summed E-state index contributed by atoms with van der Waals surface area (Å²) in [6.07, 6.45) is -4.96. The van der Waals surface area contributed by atoms with E-state index in [-0.39, 0.29) is 6.42 Å². The number of hydrogen-bond donors (Lipinski definition) is 2. The molecule has 1 unspecified atom stereocenters. The summed E-state index contributed by atoms with van der Waals surface area (Å²) in [5, 5.41) is 9.37. The second-order valence-corrected chi connectivity index (χ2v) is 3.72. The summed E-state index contributed by atoms with van der Waals surface area (Å²) in [6, 6.07) is 8.69. The molecule has 0 bridgehead atoms. The molecule has 0 aromatic heterocycles. The van der Waals surface area contributed by atoms with Crippen LogP contribution in [-0.2, 0) is 6.42 Å². The first-order chi connectivity index (χ1) is 7.39. The number of aryl methyl sites for hydroxylation is 1. The Bertz CT molecular complexity index is 326. The molecule has 0 aliphatic carbocycles. The Labute approximate surface area is 91.9 Å². The summed E-state index contributed by atoms with van der Waals surface area (Å²) < 4.78 is 37.4. The highest BCUT2D eigenvalue weighted by Gasteiger charge is 2.52. The smallest absolute Gasteiger partial charge is 0.379 e. The number of halogens is 3. The van der Waals surface area contributed by atoms with Crippen LogP contribution in [-0.4, -0.2) is 23.4 Å². The fraction of sp³-hybridized carbons (Fsp3) is 0.455. The summed E-state index contributed by atoms with van der Waals surface area (Å²) in [7, 11) is 0. The van der Waals surface area contributed by atoms with Crippen molar-refractivity contribution in [2.75, 3.05) is 6.54 Å². The lowest BCUT2D eigenvalue weighted by molar-refractivity contribution is -0.257. The van der Waals surface area contributed by atoms with Crippen molar-refractivity contribution in [3.63, 3.8) is 0 Å². The maximum Gasteiger partial charge on any atom is 0.418 e. The Morgan fingerprint density at radius 3 is 2.12 bits per heavy atom. The fourth-order valence-corrected chi connectivity index (χ4v) is 1.36. The summed E-state index contributed by atoms with van der Waals surface area (Å²) in [5.74, 6) is 0. The first kappa shape index (κ1) is 13.0. The predicted molar refractivity (Wildman–Crippen MR) is 54.8 cm³/mol. The van der Waals surface area contributed by atoms with Crippen LogP contribution in [0.5, 0.6) is 0 Å². The summed E-state index contributed by atoms with van der Waals surface area (Å²) >= 11 is 0. The Morgan fingerprint density at radius 2 is 1.69 bits per heavy atom. The lowest BCUT2D eigenvalue weighted by atomic mass is 9.94. The fourth-order valence-electron chi connectivity index (χ4n) is 1.36. The molecule has 0 saturated carbocycles. The number of hydrogen-bond acceptors (Lipinski definition) is 2. The van der Waals surface area contributed by atoms with Crippen LogP contribution >= 0.6 is 0 Å². The quantitative estimate of drug-likeness (QED) is 0.834. The van der Waals surface area contributed by atoms with Gasteiger partial charge in [-0.15, -0.1) is 0 Å². The maximum absolute atomic E-state index is 12.5. The number of rotatable bonds is 4. The number of benzene rings is 1. The second kappa shape index (κ2) is 4.84. The van der Waals surface area contributed by atoms with E-state index in [9.17, 15) is 18.3 Å². The van der Waals surface area contributed by atoms with Crippen molar-refractivity contribution >= 4 is 0 Å². The zero-order chi connectivity index (χ0) is 12.2. The summed E-state index contributed by atoms with van der Waals surface area (Å²) in [5.41, 5.74) is 2.95. The van der Waals surface area contributed by atoms with E-state index in [1.54, 1.807) is 30.3 Å². The zero-order valence-corrected chi connectivity index (χ0v) is 8.67. The molecule has 90 valence electrons. The SMILES string of the molecule is NCC(O)(CCc1ccccc1)C(F)(F)F. The standard InChI is InChI=1S/C11H14F3NO/c12-11(13,14)10(16,8-15)7-6-9-4-2-1-3-5-9/h1-5,16H,6-8,15H2. The van der Waals surface area contributed by atoms with Gasteiger partial charge >= 0.3 is 6.18 Å². The van der Waals surface area contributed by atoms with Crippen molar-refractivity contribution in [2.45, 2.75) is 24.6 Å². The molecular formula is C11H14F3NO. The van der Waals surface area contributed by atoms with Crippen molar-refractivity contribution in [3.8, 4) is 0 Å². The molecule has 1 aromatic rings. The van der Waals surface area contributed by atoms with Crippen LogP contribution in [0.4, 0.5) is 13.2 Å². The van der Waals surface area contributed by atoms with Crippen molar-refractivity contribution in [3.05, 3.63) is 35.9 Å². The molecule has 0 radical (unpaired) electrons. The molecule has 0 aliphatic heterocycles. The van der Waals surface area contributed by atoms with Gasteiger partial charge in [0.2, 0.25) is 0 Å². The van der Waals surface area contributed by atoms with Gasteiger partial charge < -0.3 is 10.8 Å². The highest BCUT2D eigenvalue weighted by Crippen LogP contribution is 2.33. The number of nitrogens with two attached hydrogens (primary N) is 1. The van der Waals surface area contributed by atoms with Crippen molar-refractivity contribution in [1.82, 2.24) is 0 Å². The molecule has 0 amide bonds. The normalized spacial score (nSPS) is 15.8. The molecule has 0 aliphatic rings. The van der Waals surface area contributed by atoms with E-state index in [4.69, 9.17) is 5.73 Å². The van der Waals surface area contributed by atoms with Gasteiger partial charge in [0.05, 0.1) is 0 Å². The largest absolute Gasteiger partial charge is 0.418 e. The molecule has 1 atom stereocenters. The van der Waals surface area contributed by atoms with E-state index < -0.39 is 24.7 Å². The maximum atomic E-state index is 12.5. The third kappa shape index (κ3) is 2.96. The van der Waals surface area contributed by atoms with Gasteiger partial charge in [-0.25, -0.2) is 0 Å². The van der Waals surface area contributed by atoms with Crippen molar-refractivity contribution < 1.29 is 18.3 Å². The lowest BCUT2D eigenvalue weighted by Crippen LogP contribution is -2.51. The number of aliphatic hydroxyl groups is 1. The van der Waals surface area contributed by atoms with Gasteiger partial charge in [0, 0.05) is 6.54 Å². The minimum absolute atomic E-state index is 0.147. The molecule has 0 saturated heterocycles. The van der Waals surface area contributed by atoms with Crippen LogP contribution in [0.2, 0.25) is 0 Å². The monoisotopic (exact) mass is 233 g/mol. The van der Waals surface area contributed by atoms with Gasteiger partial charge in [-0.3, -0.25) is 0 Å². The first-order valence-electron chi connectivity index (χ1n) is 4.92. The Hall–Kier alpha value is -1.07. The van der Waals surface area contributed by atoms with Crippen LogP contribution < -0.4 is 5.73 Å². The Balaban J connectivity index is 2.66. The van der Waals surface area contributed by atoms with Crippen molar-refractivity contribution in [1.29, 1.82) is 0 Å². The predicted octanol–water partition coefficient (Wildman–Crippen LogP) is 1.87. The average Bonchev–Trinajstić information content (AvgIpc) is 2.26. The van der Waals surface area contributed by atoms with Gasteiger partial charge in [-0.05, 0) is 18.4 Å². The van der Waals surface area contributed by atoms with Crippen LogP contribution in [0.3, 0.4) is 0 Å². The molecular weight excluding hydrogens is 219 g/mol. The summed E-state index contributed by atoms with van der Waals surface area (Å²) in [6.45, 7) is -0.816. The molecule has 3 N–H and O–H groups in total. The van der Waals surface area contributed by atoms with Crippen LogP contribution in [0.1, 0.15) is 12.0 Å². The average molecular weight is 233 g/mol. The molecule has 0 heterocycles. The topological polar surface area (TPSA) is 46.2 Å². The van der Waals surface area contributed by atoms with Crippen molar-refractivity contribution in [2.24, 2.45) is 5.73 Å². The van der Waals surface area contributed by atoms with Gasteiger partial charge in [0.15, 0.2) is 5.60 Å². The Kier molecular flexibility index (Phi) is 3.93. The highest BCUT2D eigenvalue weighted by molar-refractivity contribution is 5.15. The highest BCUT2D eigenvalue weighted by atomic mass is 19.4. The summed E-state index contributed by atoms with van der Waals surface area (Å²) in [4.78, 5) is 0. The van der Waals surface area contributed by atoms with Gasteiger partial charge in [0.1, 0.15) is 0 Å². The molecule has 5 heteroatoms. The van der Waals surface area contributed by atoms with E-state index in [2.05, 4.69) is 0 Å². The molecule has 1 rings (SSSR count). The van der Waals surface area contributed by atoms with Crippen LogP contribution in [0.15, 0.2) is 30.3 Å². The minimum Gasteiger partial charge on any atom is -0.379 e. The van der Waals surface area contributed by atoms with E-state index >= 15 is 0 Å². The van der Waals surface area contributed by atoms with Gasteiger partial charge in [-0.2, -0.15) is 13.2 Å². The van der Waals surface area contributed by atoms with Gasteiger partial charge in [-0.1, -0.05) is 30.3 Å². The minimum atomic E-state index is -4.68. The van der Waals surface area contributed by atoms with E-state index in [0.29, 0.717) is 0 Å². The zero-order valence-electron chi connectivity index (χ0n) is 8.67. The third-order valence-electron chi connectivity index (χ3n) is 2.54. The third-order valence-corrected chi connectivity index (χ3v) is 2.54.